The molecule has 1 saturated heterocycles. The fourth-order valence-electron chi connectivity index (χ4n) is 2.62. The monoisotopic (exact) mass is 217 g/mol. The van der Waals surface area contributed by atoms with E-state index in [-0.39, 0.29) is 0 Å². The van der Waals surface area contributed by atoms with E-state index in [9.17, 15) is 0 Å². The molecule has 0 bridgehead atoms. The van der Waals surface area contributed by atoms with Gasteiger partial charge in [0.25, 0.3) is 0 Å². The van der Waals surface area contributed by atoms with Gasteiger partial charge in [0, 0.05) is 6.04 Å². The minimum Gasteiger partial charge on any atom is -0.378 e. The molecule has 2 aliphatic rings. The van der Waals surface area contributed by atoms with Crippen molar-refractivity contribution in [1.29, 1.82) is 0 Å². The third kappa shape index (κ3) is 2.00. The quantitative estimate of drug-likeness (QED) is 0.838. The highest BCUT2D eigenvalue weighted by atomic mass is 16.5. The maximum atomic E-state index is 5.17. The van der Waals surface area contributed by atoms with Crippen LogP contribution in [-0.4, -0.2) is 25.3 Å². The molecule has 0 radical (unpaired) electrons. The lowest BCUT2D eigenvalue weighted by Gasteiger charge is -2.41. The zero-order chi connectivity index (χ0) is 11.0. The summed E-state index contributed by atoms with van der Waals surface area (Å²) in [5.74, 6) is 0.776. The second kappa shape index (κ2) is 4.19. The summed E-state index contributed by atoms with van der Waals surface area (Å²) >= 11 is 0. The van der Waals surface area contributed by atoms with Crippen molar-refractivity contribution < 1.29 is 4.74 Å². The second-order valence-corrected chi connectivity index (χ2v) is 5.18. The SMILES string of the molecule is Cc1cccc(C2CC(NC3COC3)C2)c1. The van der Waals surface area contributed by atoms with Gasteiger partial charge in [0.2, 0.25) is 0 Å². The number of hydrogen-bond acceptors (Lipinski definition) is 2. The molecule has 86 valence electrons. The lowest BCUT2D eigenvalue weighted by atomic mass is 9.75. The topological polar surface area (TPSA) is 21.3 Å². The number of nitrogens with one attached hydrogen (secondary N) is 1. The first kappa shape index (κ1) is 10.3. The van der Waals surface area contributed by atoms with Crippen molar-refractivity contribution in [1.82, 2.24) is 5.32 Å². The van der Waals surface area contributed by atoms with E-state index < -0.39 is 0 Å². The Kier molecular flexibility index (Phi) is 2.70. The van der Waals surface area contributed by atoms with Crippen molar-refractivity contribution in [3.05, 3.63) is 35.4 Å². The van der Waals surface area contributed by atoms with Crippen LogP contribution in [0.15, 0.2) is 24.3 Å². The molecule has 3 rings (SSSR count). The molecule has 2 heteroatoms. The van der Waals surface area contributed by atoms with E-state index in [1.807, 2.05) is 0 Å². The summed E-state index contributed by atoms with van der Waals surface area (Å²) in [7, 11) is 0. The fraction of sp³-hybridized carbons (Fsp3) is 0.571. The first-order valence-corrected chi connectivity index (χ1v) is 6.21. The Labute approximate surface area is 97.0 Å². The number of hydrogen-bond donors (Lipinski definition) is 1. The van der Waals surface area contributed by atoms with Crippen LogP contribution in [-0.2, 0) is 4.74 Å². The molecule has 1 aliphatic heterocycles. The third-order valence-corrected chi connectivity index (χ3v) is 3.76. The highest BCUT2D eigenvalue weighted by molar-refractivity contribution is 5.27. The summed E-state index contributed by atoms with van der Waals surface area (Å²) in [5.41, 5.74) is 2.89. The van der Waals surface area contributed by atoms with Crippen LogP contribution in [0.1, 0.15) is 29.9 Å². The van der Waals surface area contributed by atoms with Crippen molar-refractivity contribution in [3.63, 3.8) is 0 Å². The molecule has 0 amide bonds. The Morgan fingerprint density at radius 2 is 2.00 bits per heavy atom. The van der Waals surface area contributed by atoms with Gasteiger partial charge in [-0.2, -0.15) is 0 Å². The summed E-state index contributed by atoms with van der Waals surface area (Å²) in [6.07, 6.45) is 2.58. The zero-order valence-corrected chi connectivity index (χ0v) is 9.78. The molecular weight excluding hydrogens is 198 g/mol. The first-order valence-electron chi connectivity index (χ1n) is 6.21. The molecule has 2 nitrogen and oxygen atoms in total. The Bertz CT molecular complexity index is 367. The molecule has 1 N–H and O–H groups in total. The maximum Gasteiger partial charge on any atom is 0.0643 e. The highest BCUT2D eigenvalue weighted by Gasteiger charge is 2.33. The molecular formula is C14H19NO. The van der Waals surface area contributed by atoms with Crippen molar-refractivity contribution in [3.8, 4) is 0 Å². The van der Waals surface area contributed by atoms with Gasteiger partial charge in [-0.15, -0.1) is 0 Å². The van der Waals surface area contributed by atoms with Gasteiger partial charge in [-0.1, -0.05) is 29.8 Å². The van der Waals surface area contributed by atoms with Crippen LogP contribution in [0, 0.1) is 6.92 Å². The average molecular weight is 217 g/mol. The fourth-order valence-corrected chi connectivity index (χ4v) is 2.62. The predicted molar refractivity (Wildman–Crippen MR) is 64.7 cm³/mol. The Morgan fingerprint density at radius 1 is 1.19 bits per heavy atom. The van der Waals surface area contributed by atoms with Crippen molar-refractivity contribution in [2.75, 3.05) is 13.2 Å². The second-order valence-electron chi connectivity index (χ2n) is 5.18. The lowest BCUT2D eigenvalue weighted by molar-refractivity contribution is -0.0157. The van der Waals surface area contributed by atoms with Crippen LogP contribution in [0.3, 0.4) is 0 Å². The van der Waals surface area contributed by atoms with E-state index in [4.69, 9.17) is 4.74 Å². The predicted octanol–water partition coefficient (Wildman–Crippen LogP) is 2.23. The summed E-state index contributed by atoms with van der Waals surface area (Å²) in [6.45, 7) is 3.99. The van der Waals surface area contributed by atoms with Crippen molar-refractivity contribution >= 4 is 0 Å². The van der Waals surface area contributed by atoms with E-state index in [1.54, 1.807) is 0 Å². The van der Waals surface area contributed by atoms with Crippen LogP contribution in [0.2, 0.25) is 0 Å². The van der Waals surface area contributed by atoms with E-state index >= 15 is 0 Å². The first-order chi connectivity index (χ1) is 7.81. The van der Waals surface area contributed by atoms with E-state index in [1.165, 1.54) is 24.0 Å². The van der Waals surface area contributed by atoms with Crippen molar-refractivity contribution in [2.45, 2.75) is 37.8 Å². The molecule has 16 heavy (non-hydrogen) atoms. The smallest absolute Gasteiger partial charge is 0.0643 e. The molecule has 1 aliphatic carbocycles. The number of benzene rings is 1. The Hall–Kier alpha value is -0.860. The summed E-state index contributed by atoms with van der Waals surface area (Å²) < 4.78 is 5.17. The average Bonchev–Trinajstić information content (AvgIpc) is 2.12. The van der Waals surface area contributed by atoms with Gasteiger partial charge in [0.15, 0.2) is 0 Å². The molecule has 0 aromatic heterocycles. The number of ether oxygens (including phenoxy) is 1. The van der Waals surface area contributed by atoms with Gasteiger partial charge >= 0.3 is 0 Å². The van der Waals surface area contributed by atoms with Gasteiger partial charge in [-0.3, -0.25) is 0 Å². The molecule has 1 aromatic rings. The van der Waals surface area contributed by atoms with E-state index in [2.05, 4.69) is 36.5 Å². The molecule has 1 aromatic carbocycles. The third-order valence-electron chi connectivity index (χ3n) is 3.76. The molecule has 1 saturated carbocycles. The van der Waals surface area contributed by atoms with Gasteiger partial charge in [-0.25, -0.2) is 0 Å². The minimum absolute atomic E-state index is 0.628. The Morgan fingerprint density at radius 3 is 2.62 bits per heavy atom. The van der Waals surface area contributed by atoms with Gasteiger partial charge in [0.1, 0.15) is 0 Å². The summed E-state index contributed by atoms with van der Waals surface area (Å²) in [6, 6.07) is 10.3. The van der Waals surface area contributed by atoms with E-state index in [0.717, 1.165) is 25.2 Å². The molecule has 0 spiro atoms. The molecule has 1 heterocycles. The summed E-state index contributed by atoms with van der Waals surface area (Å²) in [4.78, 5) is 0. The van der Waals surface area contributed by atoms with Crippen LogP contribution in [0.25, 0.3) is 0 Å². The zero-order valence-electron chi connectivity index (χ0n) is 9.78. The van der Waals surface area contributed by atoms with Gasteiger partial charge < -0.3 is 10.1 Å². The number of aryl methyl sites for hydroxylation is 1. The standard InChI is InChI=1S/C14H19NO/c1-10-3-2-4-11(5-10)12-6-13(7-12)15-14-8-16-9-14/h2-5,12-15H,6-9H2,1H3. The summed E-state index contributed by atoms with van der Waals surface area (Å²) in [5, 5.41) is 3.64. The Balaban J connectivity index is 1.52. The van der Waals surface area contributed by atoms with E-state index in [0.29, 0.717) is 6.04 Å². The maximum absolute atomic E-state index is 5.17. The van der Waals surface area contributed by atoms with Crippen LogP contribution < -0.4 is 5.32 Å². The van der Waals surface area contributed by atoms with Crippen LogP contribution in [0.4, 0.5) is 0 Å². The van der Waals surface area contributed by atoms with Gasteiger partial charge in [0.05, 0.1) is 19.3 Å². The van der Waals surface area contributed by atoms with Crippen LogP contribution in [0.5, 0.6) is 0 Å². The number of rotatable bonds is 3. The van der Waals surface area contributed by atoms with Gasteiger partial charge in [-0.05, 0) is 31.2 Å². The highest BCUT2D eigenvalue weighted by Crippen LogP contribution is 2.37. The lowest BCUT2D eigenvalue weighted by Crippen LogP contribution is -2.53. The molecule has 2 fully saturated rings. The van der Waals surface area contributed by atoms with Crippen LogP contribution >= 0.6 is 0 Å². The van der Waals surface area contributed by atoms with Crippen molar-refractivity contribution in [2.24, 2.45) is 0 Å². The normalized spacial score (nSPS) is 29.6. The minimum atomic E-state index is 0.628. The largest absolute Gasteiger partial charge is 0.378 e. The molecule has 0 unspecified atom stereocenters. The molecule has 0 atom stereocenters.